The first-order valence-electron chi connectivity index (χ1n) is 2.65. The summed E-state index contributed by atoms with van der Waals surface area (Å²) in [5, 5.41) is 11.1. The quantitative estimate of drug-likeness (QED) is 0.268. The predicted octanol–water partition coefficient (Wildman–Crippen LogP) is -0.967. The van der Waals surface area contributed by atoms with Crippen LogP contribution in [0.25, 0.3) is 5.53 Å². The third-order valence-corrected chi connectivity index (χ3v) is 1.06. The van der Waals surface area contributed by atoms with Crippen LogP contribution in [0, 0.1) is 0 Å². The molecule has 0 aliphatic heterocycles. The first-order valence-corrected chi connectivity index (χ1v) is 4.93. The lowest BCUT2D eigenvalue weighted by Gasteiger charge is -1.84. The maximum Gasteiger partial charge on any atom is 0.250 e. The Labute approximate surface area is 80.1 Å². The summed E-state index contributed by atoms with van der Waals surface area (Å²) in [5.74, 6) is 0. The summed E-state index contributed by atoms with van der Waals surface area (Å²) >= 11 is 0. The van der Waals surface area contributed by atoms with Gasteiger partial charge in [-0.1, -0.05) is 15.1 Å². The highest BCUT2D eigenvalue weighted by Gasteiger charge is 1.78. The molecule has 10 nitrogen and oxygen atoms in total. The molecule has 0 unspecified atom stereocenters. The first-order chi connectivity index (χ1) is 6.52. The second kappa shape index (κ2) is 6.67. The topological polar surface area (TPSA) is 143 Å². The molecule has 14 heavy (non-hydrogen) atoms. The molecule has 12 heteroatoms. The monoisotopic (exact) mass is 238 g/mol. The minimum absolute atomic E-state index is 0.216. The third-order valence-electron chi connectivity index (χ3n) is 0.530. The van der Waals surface area contributed by atoms with Gasteiger partial charge in [0.2, 0.25) is 11.0 Å². The molecule has 0 saturated heterocycles. The van der Waals surface area contributed by atoms with Crippen molar-refractivity contribution in [1.82, 2.24) is 0 Å². The number of hydrogen-bond donors (Lipinski definition) is 0. The molecule has 0 aromatic carbocycles. The van der Waals surface area contributed by atoms with Crippen molar-refractivity contribution in [3.05, 3.63) is 5.53 Å². The fourth-order valence-electron chi connectivity index (χ4n) is 0.229. The molecule has 0 N–H and O–H groups in total. The molecule has 0 spiro atoms. The molecule has 76 valence electrons. The van der Waals surface area contributed by atoms with E-state index in [0.29, 0.717) is 11.0 Å². The van der Waals surface area contributed by atoms with Gasteiger partial charge in [-0.3, -0.25) is 0 Å². The fraction of sp³-hybridized carbons (Fsp3) is 0. The maximum atomic E-state index is 9.83. The van der Waals surface area contributed by atoms with E-state index >= 15 is 0 Å². The molecule has 0 fully saturated rings. The molecule has 0 aliphatic carbocycles. The molecule has 0 bridgehead atoms. The predicted molar refractivity (Wildman–Crippen MR) is 43.3 cm³/mol. The molecule has 0 heterocycles. The highest BCUT2D eigenvalue weighted by atomic mass is 32.2. The van der Waals surface area contributed by atoms with Crippen molar-refractivity contribution in [3.63, 3.8) is 0 Å². The van der Waals surface area contributed by atoms with E-state index < -0.39 is 20.6 Å². The van der Waals surface area contributed by atoms with Crippen molar-refractivity contribution < 1.29 is 21.8 Å². The van der Waals surface area contributed by atoms with E-state index in [1.165, 1.54) is 0 Å². The average molecular weight is 238 g/mol. The summed E-state index contributed by atoms with van der Waals surface area (Å²) in [5.41, 5.74) is 9.31. The van der Waals surface area contributed by atoms with Crippen molar-refractivity contribution in [2.45, 2.75) is 0 Å². The van der Waals surface area contributed by atoms with Crippen LogP contribution in [0.3, 0.4) is 0 Å². The van der Waals surface area contributed by atoms with Gasteiger partial charge >= 0.3 is 0 Å². The number of rotatable bonds is 4. The van der Waals surface area contributed by atoms with Gasteiger partial charge in [0.1, 0.15) is 0 Å². The van der Waals surface area contributed by atoms with Crippen molar-refractivity contribution in [1.29, 1.82) is 0 Å². The van der Waals surface area contributed by atoms with E-state index in [-0.39, 0.29) is 4.92 Å². The van der Waals surface area contributed by atoms with Crippen LogP contribution in [-0.4, -0.2) is 32.7 Å². The zero-order valence-electron chi connectivity index (χ0n) is 6.29. The molecule has 0 aromatic heterocycles. The standard InChI is InChI=1S/C2H2N6O4S2/c3-8(6-4-1-13(9)10)7-5-2-14(11)12/h1-2H. The smallest absolute Gasteiger partial charge is 0.181 e. The van der Waals surface area contributed by atoms with Gasteiger partial charge < -0.3 is 0 Å². The molecule has 0 saturated carbocycles. The Morgan fingerprint density at radius 1 is 0.929 bits per heavy atom. The largest absolute Gasteiger partial charge is 0.250 e. The van der Waals surface area contributed by atoms with E-state index in [2.05, 4.69) is 20.7 Å². The Morgan fingerprint density at radius 3 is 1.57 bits per heavy atom. The van der Waals surface area contributed by atoms with Crippen molar-refractivity contribution >= 4 is 31.6 Å². The molecule has 0 atom stereocenters. The van der Waals surface area contributed by atoms with Crippen LogP contribution in [-0.2, 0) is 20.6 Å². The van der Waals surface area contributed by atoms with Gasteiger partial charge in [0.05, 0.1) is 0 Å². The molecule has 0 rings (SSSR count). The summed E-state index contributed by atoms with van der Waals surface area (Å²) < 4.78 is 39.3. The van der Waals surface area contributed by atoms with Crippen LogP contribution < -0.4 is 0 Å². The molecular formula is C2H2N6O4S2. The van der Waals surface area contributed by atoms with Crippen LogP contribution in [0.2, 0.25) is 0 Å². The van der Waals surface area contributed by atoms with Crippen LogP contribution in [0.4, 0.5) is 0 Å². The zero-order chi connectivity index (χ0) is 11.0. The Balaban J connectivity index is 4.40. The number of hydrogen-bond acceptors (Lipinski definition) is 4. The third kappa shape index (κ3) is 8.28. The van der Waals surface area contributed by atoms with Crippen LogP contribution in [0.15, 0.2) is 20.7 Å². The second-order valence-electron chi connectivity index (χ2n) is 1.41. The van der Waals surface area contributed by atoms with Gasteiger partial charge in [0.25, 0.3) is 20.6 Å². The van der Waals surface area contributed by atoms with E-state index in [9.17, 15) is 16.8 Å². The lowest BCUT2D eigenvalue weighted by molar-refractivity contribution is -0.574. The van der Waals surface area contributed by atoms with Crippen molar-refractivity contribution in [2.24, 2.45) is 20.7 Å². The van der Waals surface area contributed by atoms with Gasteiger partial charge in [-0.2, -0.15) is 22.4 Å². The minimum Gasteiger partial charge on any atom is -0.181 e. The Kier molecular flexibility index (Phi) is 5.80. The van der Waals surface area contributed by atoms with Crippen LogP contribution in [0.1, 0.15) is 0 Å². The highest BCUT2D eigenvalue weighted by Crippen LogP contribution is 1.80. The Bertz CT molecular complexity index is 458. The zero-order valence-corrected chi connectivity index (χ0v) is 7.92. The minimum atomic E-state index is -2.55. The summed E-state index contributed by atoms with van der Waals surface area (Å²) in [6.07, 6.45) is 0. The lowest BCUT2D eigenvalue weighted by atomic mass is 11.5. The molecule has 0 aromatic rings. The SMILES string of the molecule is [N-]=[N+](N=NC=S(=O)=O)N=NC=S(=O)=O. The molecule has 0 aliphatic rings. The molecular weight excluding hydrogens is 236 g/mol. The van der Waals surface area contributed by atoms with E-state index in [1.54, 1.807) is 0 Å². The number of nitrogens with zero attached hydrogens (tertiary/aromatic N) is 6. The highest BCUT2D eigenvalue weighted by molar-refractivity contribution is 7.71. The fourth-order valence-corrected chi connectivity index (χ4v) is 0.468. The second-order valence-corrected chi connectivity index (χ2v) is 2.87. The molecule has 0 radical (unpaired) electrons. The van der Waals surface area contributed by atoms with E-state index in [4.69, 9.17) is 5.53 Å². The summed E-state index contributed by atoms with van der Waals surface area (Å²) in [6, 6.07) is 0. The van der Waals surface area contributed by atoms with Crippen molar-refractivity contribution in [3.8, 4) is 0 Å². The molecule has 0 amide bonds. The van der Waals surface area contributed by atoms with Gasteiger partial charge in [-0.05, 0) is 10.4 Å². The van der Waals surface area contributed by atoms with E-state index in [0.717, 1.165) is 0 Å². The summed E-state index contributed by atoms with van der Waals surface area (Å²) in [7, 11) is -5.09. The maximum absolute atomic E-state index is 9.83. The van der Waals surface area contributed by atoms with Gasteiger partial charge in [-0.15, -0.1) is 0 Å². The Hall–Kier alpha value is -1.82. The van der Waals surface area contributed by atoms with E-state index in [1.807, 2.05) is 0 Å². The summed E-state index contributed by atoms with van der Waals surface area (Å²) in [4.78, 5) is -0.216. The van der Waals surface area contributed by atoms with Gasteiger partial charge in [0.15, 0.2) is 0 Å². The van der Waals surface area contributed by atoms with Crippen molar-refractivity contribution in [2.75, 3.05) is 0 Å². The Morgan fingerprint density at radius 2 is 1.29 bits per heavy atom. The van der Waals surface area contributed by atoms with Crippen LogP contribution >= 0.6 is 0 Å². The lowest BCUT2D eigenvalue weighted by Crippen LogP contribution is -1.84. The normalized spacial score (nSPS) is 10.3. The first kappa shape index (κ1) is 12.2. The van der Waals surface area contributed by atoms with Crippen LogP contribution in [0.5, 0.6) is 0 Å². The summed E-state index contributed by atoms with van der Waals surface area (Å²) in [6.45, 7) is 0. The van der Waals surface area contributed by atoms with Gasteiger partial charge in [0, 0.05) is 0 Å². The van der Waals surface area contributed by atoms with Gasteiger partial charge in [-0.25, -0.2) is 0 Å². The average Bonchev–Trinajstić information content (AvgIpc) is 2.02.